The van der Waals surface area contributed by atoms with Gasteiger partial charge in [0.2, 0.25) is 0 Å². The summed E-state index contributed by atoms with van der Waals surface area (Å²) in [5, 5.41) is 9.61. The average Bonchev–Trinajstić information content (AvgIpc) is 2.27. The zero-order chi connectivity index (χ0) is 12.0. The Morgan fingerprint density at radius 1 is 1.44 bits per heavy atom. The number of carbonyl (C=O) groups is 1. The molecule has 0 amide bonds. The lowest BCUT2D eigenvalue weighted by Crippen LogP contribution is -2.41. The van der Waals surface area contributed by atoms with Crippen molar-refractivity contribution in [2.75, 3.05) is 6.61 Å². The van der Waals surface area contributed by atoms with Crippen molar-refractivity contribution in [1.29, 1.82) is 0 Å². The molecule has 1 rings (SSSR count). The molecule has 0 radical (unpaired) electrons. The number of hydrogen-bond donors (Lipinski definition) is 1. The van der Waals surface area contributed by atoms with Crippen molar-refractivity contribution in [2.45, 2.75) is 19.6 Å². The van der Waals surface area contributed by atoms with Crippen molar-refractivity contribution in [3.8, 4) is 0 Å². The standard InChI is InChI=1S/C12H16NO3/c1-10(2)12(15)16-9-11(14)8-13-6-4-3-5-7-13/h3-7,11,14H,1,8-9H2,2H3/q+1. The first-order valence-corrected chi connectivity index (χ1v) is 5.04. The molecule has 1 N–H and O–H groups in total. The number of nitrogens with zero attached hydrogens (tertiary/aromatic N) is 1. The van der Waals surface area contributed by atoms with Crippen LogP contribution in [0.15, 0.2) is 42.7 Å². The topological polar surface area (TPSA) is 50.4 Å². The number of ether oxygens (including phenoxy) is 1. The molecule has 1 aromatic heterocycles. The molecule has 86 valence electrons. The Bertz CT molecular complexity index is 362. The van der Waals surface area contributed by atoms with Crippen LogP contribution in [-0.2, 0) is 16.1 Å². The molecule has 0 aliphatic carbocycles. The minimum absolute atomic E-state index is 0.0203. The van der Waals surface area contributed by atoms with Gasteiger partial charge in [-0.1, -0.05) is 12.6 Å². The molecule has 1 aromatic rings. The maximum Gasteiger partial charge on any atom is 0.333 e. The second-order valence-electron chi connectivity index (χ2n) is 3.60. The summed E-state index contributed by atoms with van der Waals surface area (Å²) in [4.78, 5) is 11.1. The summed E-state index contributed by atoms with van der Waals surface area (Å²) < 4.78 is 6.65. The van der Waals surface area contributed by atoms with E-state index in [4.69, 9.17) is 4.74 Å². The first-order chi connectivity index (χ1) is 7.59. The Kier molecular flexibility index (Phi) is 4.66. The van der Waals surface area contributed by atoms with E-state index >= 15 is 0 Å². The maximum atomic E-state index is 11.1. The monoisotopic (exact) mass is 222 g/mol. The molecular formula is C12H16NO3+. The summed E-state index contributed by atoms with van der Waals surface area (Å²) >= 11 is 0. The highest BCUT2D eigenvalue weighted by atomic mass is 16.5. The highest BCUT2D eigenvalue weighted by Gasteiger charge is 2.13. The molecule has 0 fully saturated rings. The Morgan fingerprint density at radius 2 is 2.06 bits per heavy atom. The number of esters is 1. The van der Waals surface area contributed by atoms with Crippen molar-refractivity contribution in [1.82, 2.24) is 0 Å². The molecule has 1 heterocycles. The van der Waals surface area contributed by atoms with E-state index in [0.29, 0.717) is 12.1 Å². The van der Waals surface area contributed by atoms with E-state index in [9.17, 15) is 9.90 Å². The van der Waals surface area contributed by atoms with Gasteiger partial charge in [-0.3, -0.25) is 0 Å². The van der Waals surface area contributed by atoms with Crippen molar-refractivity contribution >= 4 is 5.97 Å². The van der Waals surface area contributed by atoms with Gasteiger partial charge >= 0.3 is 5.97 Å². The predicted octanol–water partition coefficient (Wildman–Crippen LogP) is 0.454. The van der Waals surface area contributed by atoms with Gasteiger partial charge in [0.1, 0.15) is 12.7 Å². The van der Waals surface area contributed by atoms with E-state index in [0.717, 1.165) is 0 Å². The number of carbonyl (C=O) groups excluding carboxylic acids is 1. The number of pyridine rings is 1. The molecule has 4 nitrogen and oxygen atoms in total. The lowest BCUT2D eigenvalue weighted by molar-refractivity contribution is -0.703. The number of aromatic nitrogens is 1. The quantitative estimate of drug-likeness (QED) is 0.447. The van der Waals surface area contributed by atoms with Gasteiger partial charge in [-0.25, -0.2) is 9.36 Å². The van der Waals surface area contributed by atoms with Crippen LogP contribution in [0, 0.1) is 0 Å². The Hall–Kier alpha value is -1.68. The van der Waals surface area contributed by atoms with Crippen molar-refractivity contribution in [3.05, 3.63) is 42.7 Å². The summed E-state index contributed by atoms with van der Waals surface area (Å²) in [6.07, 6.45) is 2.96. The minimum Gasteiger partial charge on any atom is -0.459 e. The fourth-order valence-corrected chi connectivity index (χ4v) is 1.15. The lowest BCUT2D eigenvalue weighted by Gasteiger charge is -2.08. The second-order valence-corrected chi connectivity index (χ2v) is 3.60. The minimum atomic E-state index is -0.712. The molecule has 0 saturated heterocycles. The summed E-state index contributed by atoms with van der Waals surface area (Å²) in [5.74, 6) is -0.475. The Balaban J connectivity index is 2.34. The number of rotatable bonds is 5. The summed E-state index contributed by atoms with van der Waals surface area (Å²) in [6.45, 7) is 5.40. The van der Waals surface area contributed by atoms with E-state index in [-0.39, 0.29) is 6.61 Å². The molecule has 16 heavy (non-hydrogen) atoms. The Labute approximate surface area is 94.8 Å². The van der Waals surface area contributed by atoms with Gasteiger partial charge in [0.25, 0.3) is 0 Å². The zero-order valence-corrected chi connectivity index (χ0v) is 9.30. The third kappa shape index (κ3) is 4.23. The first-order valence-electron chi connectivity index (χ1n) is 5.04. The van der Waals surface area contributed by atoms with Gasteiger partial charge in [-0.15, -0.1) is 0 Å². The van der Waals surface area contributed by atoms with E-state index in [1.165, 1.54) is 0 Å². The van der Waals surface area contributed by atoms with Gasteiger partial charge < -0.3 is 9.84 Å². The molecule has 0 aromatic carbocycles. The SMILES string of the molecule is C=C(C)C(=O)OCC(O)C[n+]1ccccc1. The molecule has 4 heteroatoms. The number of aliphatic hydroxyl groups excluding tert-OH is 1. The van der Waals surface area contributed by atoms with Crippen LogP contribution in [0.1, 0.15) is 6.92 Å². The fourth-order valence-electron chi connectivity index (χ4n) is 1.15. The van der Waals surface area contributed by atoms with E-state index < -0.39 is 12.1 Å². The molecule has 0 bridgehead atoms. The van der Waals surface area contributed by atoms with Gasteiger partial charge in [-0.05, 0) is 6.92 Å². The van der Waals surface area contributed by atoms with E-state index in [1.54, 1.807) is 6.92 Å². The van der Waals surface area contributed by atoms with Crippen LogP contribution in [0.5, 0.6) is 0 Å². The third-order valence-electron chi connectivity index (χ3n) is 1.95. The van der Waals surface area contributed by atoms with E-state index in [2.05, 4.69) is 6.58 Å². The molecule has 1 unspecified atom stereocenters. The van der Waals surface area contributed by atoms with Crippen LogP contribution in [0.2, 0.25) is 0 Å². The normalized spacial score (nSPS) is 11.9. The van der Waals surface area contributed by atoms with Crippen LogP contribution < -0.4 is 4.57 Å². The Morgan fingerprint density at radius 3 is 2.62 bits per heavy atom. The van der Waals surface area contributed by atoms with Gasteiger partial charge in [-0.2, -0.15) is 0 Å². The zero-order valence-electron chi connectivity index (χ0n) is 9.30. The summed E-state index contributed by atoms with van der Waals surface area (Å²) in [6, 6.07) is 5.63. The molecule has 0 saturated carbocycles. The van der Waals surface area contributed by atoms with Crippen LogP contribution in [0.3, 0.4) is 0 Å². The maximum absolute atomic E-state index is 11.1. The predicted molar refractivity (Wildman–Crippen MR) is 58.4 cm³/mol. The molecule has 0 aliphatic heterocycles. The lowest BCUT2D eigenvalue weighted by atomic mass is 10.3. The van der Waals surface area contributed by atoms with Crippen molar-refractivity contribution < 1.29 is 19.2 Å². The highest BCUT2D eigenvalue weighted by Crippen LogP contribution is 1.94. The summed E-state index contributed by atoms with van der Waals surface area (Å²) in [7, 11) is 0. The van der Waals surface area contributed by atoms with Crippen LogP contribution >= 0.6 is 0 Å². The largest absolute Gasteiger partial charge is 0.459 e. The van der Waals surface area contributed by atoms with Crippen LogP contribution in [-0.4, -0.2) is 23.8 Å². The molecule has 0 aliphatic rings. The molecule has 1 atom stereocenters. The van der Waals surface area contributed by atoms with Gasteiger partial charge in [0, 0.05) is 17.7 Å². The number of aliphatic hydroxyl groups is 1. The smallest absolute Gasteiger partial charge is 0.333 e. The number of hydrogen-bond acceptors (Lipinski definition) is 3. The van der Waals surface area contributed by atoms with Crippen LogP contribution in [0.4, 0.5) is 0 Å². The van der Waals surface area contributed by atoms with Crippen molar-refractivity contribution in [2.24, 2.45) is 0 Å². The second kappa shape index (κ2) is 6.02. The highest BCUT2D eigenvalue weighted by molar-refractivity contribution is 5.86. The van der Waals surface area contributed by atoms with Crippen LogP contribution in [0.25, 0.3) is 0 Å². The van der Waals surface area contributed by atoms with E-state index in [1.807, 2.05) is 35.2 Å². The molecular weight excluding hydrogens is 206 g/mol. The molecule has 0 spiro atoms. The fraction of sp³-hybridized carbons (Fsp3) is 0.333. The summed E-state index contributed by atoms with van der Waals surface area (Å²) in [5.41, 5.74) is 0.333. The van der Waals surface area contributed by atoms with Gasteiger partial charge in [0.05, 0.1) is 0 Å². The first kappa shape index (κ1) is 12.4. The van der Waals surface area contributed by atoms with Gasteiger partial charge in [0.15, 0.2) is 18.9 Å². The van der Waals surface area contributed by atoms with Crippen molar-refractivity contribution in [3.63, 3.8) is 0 Å². The average molecular weight is 222 g/mol. The third-order valence-corrected chi connectivity index (χ3v) is 1.95.